The lowest BCUT2D eigenvalue weighted by atomic mass is 9.85. The van der Waals surface area contributed by atoms with Crippen molar-refractivity contribution >= 4 is 29.4 Å². The third-order valence-corrected chi connectivity index (χ3v) is 8.16. The predicted molar refractivity (Wildman–Crippen MR) is 147 cm³/mol. The molecule has 2 saturated heterocycles. The molecule has 2 amide bonds. The summed E-state index contributed by atoms with van der Waals surface area (Å²) in [5, 5.41) is 3.75. The highest BCUT2D eigenvalue weighted by molar-refractivity contribution is 6.30. The monoisotopic (exact) mass is 514 g/mol. The number of carbonyl (C=O) groups excluding carboxylic acids is 1. The van der Waals surface area contributed by atoms with Crippen LogP contribution in [0.15, 0.2) is 66.9 Å². The van der Waals surface area contributed by atoms with Crippen LogP contribution in [0.3, 0.4) is 0 Å². The van der Waals surface area contributed by atoms with E-state index >= 15 is 0 Å². The molecule has 0 unspecified atom stereocenters. The molecular formula is C30H31ClN4O2. The number of pyridine rings is 1. The molecular weight excluding hydrogens is 484 g/mol. The van der Waals surface area contributed by atoms with E-state index in [4.69, 9.17) is 16.3 Å². The van der Waals surface area contributed by atoms with E-state index in [1.807, 2.05) is 41.3 Å². The largest absolute Gasteiger partial charge is 0.457 e. The summed E-state index contributed by atoms with van der Waals surface area (Å²) in [6, 6.07) is 17.8. The van der Waals surface area contributed by atoms with Gasteiger partial charge in [-0.15, -0.1) is 0 Å². The van der Waals surface area contributed by atoms with E-state index in [9.17, 15) is 4.79 Å². The van der Waals surface area contributed by atoms with Gasteiger partial charge in [0.1, 0.15) is 11.5 Å². The normalized spacial score (nSPS) is 18.2. The molecule has 0 bridgehead atoms. The van der Waals surface area contributed by atoms with Crippen molar-refractivity contribution in [3.05, 3.63) is 88.7 Å². The Morgan fingerprint density at radius 2 is 1.86 bits per heavy atom. The van der Waals surface area contributed by atoms with E-state index < -0.39 is 0 Å². The minimum atomic E-state index is -0.0322. The standard InChI is InChI=1S/C30H31ClN4O2/c31-24-8-10-26(11-9-24)37-27-6-1-4-22(18-27)21-35-15-3-12-30(35)13-16-34(17-14-30)29(36)33-25-19-23-5-2-7-28(23)32-20-25/h1-2,4-6,8-11,18-20H,3,7,12-17,21H2,(H,33,36). The van der Waals surface area contributed by atoms with Gasteiger partial charge in [-0.05, 0) is 85.8 Å². The number of piperidine rings is 1. The van der Waals surface area contributed by atoms with Crippen LogP contribution in [0.2, 0.25) is 5.02 Å². The summed E-state index contributed by atoms with van der Waals surface area (Å²) in [7, 11) is 0. The maximum atomic E-state index is 13.0. The summed E-state index contributed by atoms with van der Waals surface area (Å²) >= 11 is 6.00. The van der Waals surface area contributed by atoms with Crippen LogP contribution < -0.4 is 10.1 Å². The Morgan fingerprint density at radius 1 is 1.03 bits per heavy atom. The molecule has 0 radical (unpaired) electrons. The van der Waals surface area contributed by atoms with Crippen LogP contribution in [-0.2, 0) is 13.0 Å². The number of anilines is 1. The Balaban J connectivity index is 1.07. The zero-order valence-electron chi connectivity index (χ0n) is 20.8. The molecule has 37 heavy (non-hydrogen) atoms. The second kappa shape index (κ2) is 10.2. The van der Waals surface area contributed by atoms with Gasteiger partial charge in [0.05, 0.1) is 17.6 Å². The summed E-state index contributed by atoms with van der Waals surface area (Å²) < 4.78 is 6.05. The average molecular weight is 515 g/mol. The SMILES string of the molecule is O=C(Nc1cnc2c(c1)C=CC2)N1CCC2(CCCN2Cc2cccc(Oc3ccc(Cl)cc3)c2)CC1. The number of hydrogen-bond acceptors (Lipinski definition) is 4. The van der Waals surface area contributed by atoms with Crippen LogP contribution in [0.5, 0.6) is 11.5 Å². The van der Waals surface area contributed by atoms with Crippen LogP contribution in [0, 0.1) is 0 Å². The van der Waals surface area contributed by atoms with E-state index in [0.717, 1.165) is 73.9 Å². The number of rotatable bonds is 5. The van der Waals surface area contributed by atoms with Crippen molar-refractivity contribution in [3.8, 4) is 11.5 Å². The van der Waals surface area contributed by atoms with Gasteiger partial charge in [-0.25, -0.2) is 4.79 Å². The Kier molecular flexibility index (Phi) is 6.61. The molecule has 1 aliphatic carbocycles. The highest BCUT2D eigenvalue weighted by atomic mass is 35.5. The minimum Gasteiger partial charge on any atom is -0.457 e. The number of allylic oxidation sites excluding steroid dienone is 1. The molecule has 3 aromatic rings. The summed E-state index contributed by atoms with van der Waals surface area (Å²) in [5.74, 6) is 1.60. The Labute approximate surface area is 222 Å². The number of hydrogen-bond donors (Lipinski definition) is 1. The van der Waals surface area contributed by atoms with Crippen LogP contribution in [0.25, 0.3) is 6.08 Å². The molecule has 1 aromatic heterocycles. The van der Waals surface area contributed by atoms with E-state index in [2.05, 4.69) is 45.6 Å². The topological polar surface area (TPSA) is 57.7 Å². The van der Waals surface area contributed by atoms with Gasteiger partial charge in [-0.3, -0.25) is 9.88 Å². The minimum absolute atomic E-state index is 0.0322. The number of nitrogens with zero attached hydrogens (tertiary/aromatic N) is 3. The Bertz CT molecular complexity index is 1320. The van der Waals surface area contributed by atoms with E-state index in [-0.39, 0.29) is 11.6 Å². The molecule has 3 aliphatic rings. The zero-order valence-corrected chi connectivity index (χ0v) is 21.6. The van der Waals surface area contributed by atoms with Crippen molar-refractivity contribution < 1.29 is 9.53 Å². The third kappa shape index (κ3) is 5.22. The highest BCUT2D eigenvalue weighted by Crippen LogP contribution is 2.40. The molecule has 2 fully saturated rings. The number of nitrogens with one attached hydrogen (secondary N) is 1. The molecule has 0 atom stereocenters. The van der Waals surface area contributed by atoms with E-state index in [1.165, 1.54) is 18.4 Å². The first kappa shape index (κ1) is 24.0. The van der Waals surface area contributed by atoms with Gasteiger partial charge in [0.25, 0.3) is 0 Å². The molecule has 2 aromatic carbocycles. The fourth-order valence-electron chi connectivity index (χ4n) is 5.89. The van der Waals surface area contributed by atoms with Crippen LogP contribution in [0.4, 0.5) is 10.5 Å². The van der Waals surface area contributed by atoms with Gasteiger partial charge in [-0.2, -0.15) is 0 Å². The molecule has 0 saturated carbocycles. The molecule has 190 valence electrons. The van der Waals surface area contributed by atoms with Crippen molar-refractivity contribution in [1.29, 1.82) is 0 Å². The number of ether oxygens (including phenoxy) is 1. The fourth-order valence-corrected chi connectivity index (χ4v) is 6.02. The van der Waals surface area contributed by atoms with E-state index in [1.54, 1.807) is 6.20 Å². The van der Waals surface area contributed by atoms with Gasteiger partial charge in [0, 0.05) is 36.6 Å². The number of likely N-dealkylation sites (tertiary alicyclic amines) is 2. The first-order valence-electron chi connectivity index (χ1n) is 13.1. The molecule has 2 aliphatic heterocycles. The Hall–Kier alpha value is -3.35. The fraction of sp³-hybridized carbons (Fsp3) is 0.333. The maximum absolute atomic E-state index is 13.0. The zero-order chi connectivity index (χ0) is 25.2. The van der Waals surface area contributed by atoms with Gasteiger partial charge in [-0.1, -0.05) is 35.9 Å². The quantitative estimate of drug-likeness (QED) is 0.408. The van der Waals surface area contributed by atoms with Crippen molar-refractivity contribution in [2.24, 2.45) is 0 Å². The van der Waals surface area contributed by atoms with Gasteiger partial charge < -0.3 is 15.0 Å². The smallest absolute Gasteiger partial charge is 0.321 e. The number of amides is 2. The number of fused-ring (bicyclic) bond motifs is 1. The number of aromatic nitrogens is 1. The first-order valence-corrected chi connectivity index (χ1v) is 13.4. The number of halogens is 1. The van der Waals surface area contributed by atoms with E-state index in [0.29, 0.717) is 5.02 Å². The summed E-state index contributed by atoms with van der Waals surface area (Å²) in [5.41, 5.74) is 4.33. The van der Waals surface area contributed by atoms with Crippen molar-refractivity contribution in [1.82, 2.24) is 14.8 Å². The molecule has 6 rings (SSSR count). The van der Waals surface area contributed by atoms with Gasteiger partial charge in [0.15, 0.2) is 0 Å². The van der Waals surface area contributed by atoms with Crippen molar-refractivity contribution in [2.45, 2.75) is 44.2 Å². The summed E-state index contributed by atoms with van der Waals surface area (Å²) in [4.78, 5) is 22.0. The van der Waals surface area contributed by atoms with Crippen LogP contribution in [0.1, 0.15) is 42.5 Å². The summed E-state index contributed by atoms with van der Waals surface area (Å²) in [6.45, 7) is 3.50. The summed E-state index contributed by atoms with van der Waals surface area (Å²) in [6.07, 6.45) is 11.2. The first-order chi connectivity index (χ1) is 18.1. The second-order valence-electron chi connectivity index (χ2n) is 10.2. The predicted octanol–water partition coefficient (Wildman–Crippen LogP) is 6.76. The maximum Gasteiger partial charge on any atom is 0.321 e. The lowest BCUT2D eigenvalue weighted by molar-refractivity contribution is 0.0610. The highest BCUT2D eigenvalue weighted by Gasteiger charge is 2.43. The molecule has 3 heterocycles. The molecule has 1 spiro atoms. The third-order valence-electron chi connectivity index (χ3n) is 7.91. The van der Waals surface area contributed by atoms with Crippen LogP contribution in [-0.4, -0.2) is 46.0 Å². The van der Waals surface area contributed by atoms with Crippen molar-refractivity contribution in [2.75, 3.05) is 25.0 Å². The van der Waals surface area contributed by atoms with Gasteiger partial charge >= 0.3 is 6.03 Å². The lowest BCUT2D eigenvalue weighted by Crippen LogP contribution is -2.53. The molecule has 1 N–H and O–H groups in total. The Morgan fingerprint density at radius 3 is 2.70 bits per heavy atom. The molecule has 6 nitrogen and oxygen atoms in total. The van der Waals surface area contributed by atoms with Gasteiger partial charge in [0.2, 0.25) is 0 Å². The second-order valence-corrected chi connectivity index (χ2v) is 10.7. The number of urea groups is 1. The average Bonchev–Trinajstić information content (AvgIpc) is 3.53. The number of benzene rings is 2. The molecule has 7 heteroatoms. The van der Waals surface area contributed by atoms with Crippen molar-refractivity contribution in [3.63, 3.8) is 0 Å². The van der Waals surface area contributed by atoms with Crippen LogP contribution >= 0.6 is 11.6 Å². The number of carbonyl (C=O) groups is 1. The lowest BCUT2D eigenvalue weighted by Gasteiger charge is -2.45.